The summed E-state index contributed by atoms with van der Waals surface area (Å²) < 4.78 is 23.0. The van der Waals surface area contributed by atoms with Gasteiger partial charge in [-0.3, -0.25) is 0 Å². The molecule has 0 saturated heterocycles. The lowest BCUT2D eigenvalue weighted by Crippen LogP contribution is -2.46. The van der Waals surface area contributed by atoms with Crippen LogP contribution in [0.4, 0.5) is 0 Å². The van der Waals surface area contributed by atoms with Crippen LogP contribution in [0.15, 0.2) is 0 Å². The van der Waals surface area contributed by atoms with Gasteiger partial charge in [-0.1, -0.05) is 20.3 Å². The second-order valence-corrected chi connectivity index (χ2v) is 7.05. The largest absolute Gasteiger partial charge is 0.503 e. The summed E-state index contributed by atoms with van der Waals surface area (Å²) >= 11 is 0. The van der Waals surface area contributed by atoms with E-state index in [1.54, 1.807) is 0 Å². The van der Waals surface area contributed by atoms with Gasteiger partial charge in [0.1, 0.15) is 0 Å². The first-order valence-corrected chi connectivity index (χ1v) is 9.06. The smallest absolute Gasteiger partial charge is 0.381 e. The quantitative estimate of drug-likeness (QED) is 0.406. The maximum atomic E-state index is 5.76. The maximum Gasteiger partial charge on any atom is 0.503 e. The highest BCUT2D eigenvalue weighted by Gasteiger charge is 2.39. The minimum absolute atomic E-state index is 0.604. The van der Waals surface area contributed by atoms with Gasteiger partial charge in [0.15, 0.2) is 0 Å². The second kappa shape index (κ2) is 10.9. The van der Waals surface area contributed by atoms with E-state index in [2.05, 4.69) is 13.8 Å². The standard InChI is InChI=1S/C13H30O4Si/c1-6-13(5)12-14-10-11-18(15-7-2,16-8-3)17-9-4/h13H,6-12H2,1-5H3. The average Bonchev–Trinajstić information content (AvgIpc) is 2.35. The zero-order chi connectivity index (χ0) is 13.9. The predicted molar refractivity (Wildman–Crippen MR) is 75.7 cm³/mol. The van der Waals surface area contributed by atoms with E-state index in [9.17, 15) is 0 Å². The molecule has 0 amide bonds. The van der Waals surface area contributed by atoms with Gasteiger partial charge in [-0.15, -0.1) is 0 Å². The van der Waals surface area contributed by atoms with Gasteiger partial charge >= 0.3 is 8.80 Å². The minimum Gasteiger partial charge on any atom is -0.381 e. The summed E-state index contributed by atoms with van der Waals surface area (Å²) in [7, 11) is -2.50. The fourth-order valence-corrected chi connectivity index (χ4v) is 4.00. The van der Waals surface area contributed by atoms with Gasteiger partial charge in [0.25, 0.3) is 0 Å². The fourth-order valence-electron chi connectivity index (χ4n) is 1.60. The van der Waals surface area contributed by atoms with Gasteiger partial charge in [0.05, 0.1) is 6.61 Å². The van der Waals surface area contributed by atoms with Crippen molar-refractivity contribution in [1.29, 1.82) is 0 Å². The van der Waals surface area contributed by atoms with Crippen LogP contribution in [0.1, 0.15) is 41.0 Å². The zero-order valence-electron chi connectivity index (χ0n) is 12.7. The molecule has 0 radical (unpaired) electrons. The van der Waals surface area contributed by atoms with E-state index in [4.69, 9.17) is 18.0 Å². The van der Waals surface area contributed by atoms with Crippen molar-refractivity contribution in [2.75, 3.05) is 33.0 Å². The topological polar surface area (TPSA) is 36.9 Å². The van der Waals surface area contributed by atoms with Crippen LogP contribution in [0.5, 0.6) is 0 Å². The predicted octanol–water partition coefficient (Wildman–Crippen LogP) is 3.10. The van der Waals surface area contributed by atoms with Crippen molar-refractivity contribution in [2.45, 2.75) is 47.1 Å². The first-order chi connectivity index (χ1) is 8.64. The lowest BCUT2D eigenvalue weighted by Gasteiger charge is -2.28. The molecule has 0 heterocycles. The molecule has 1 unspecified atom stereocenters. The average molecular weight is 278 g/mol. The van der Waals surface area contributed by atoms with Gasteiger partial charge in [0.2, 0.25) is 0 Å². The Labute approximate surface area is 113 Å². The Morgan fingerprint density at radius 3 is 1.78 bits per heavy atom. The Morgan fingerprint density at radius 2 is 1.39 bits per heavy atom. The highest BCUT2D eigenvalue weighted by molar-refractivity contribution is 6.60. The van der Waals surface area contributed by atoms with Crippen molar-refractivity contribution in [2.24, 2.45) is 5.92 Å². The van der Waals surface area contributed by atoms with E-state index in [1.165, 1.54) is 0 Å². The van der Waals surface area contributed by atoms with Gasteiger partial charge in [-0.2, -0.15) is 0 Å². The number of hydrogen-bond acceptors (Lipinski definition) is 4. The van der Waals surface area contributed by atoms with Crippen LogP contribution in [0.25, 0.3) is 0 Å². The Kier molecular flexibility index (Phi) is 11.0. The van der Waals surface area contributed by atoms with Crippen LogP contribution >= 0.6 is 0 Å². The first-order valence-electron chi connectivity index (χ1n) is 7.13. The Hall–Kier alpha value is 0.0569. The van der Waals surface area contributed by atoms with Gasteiger partial charge in [0, 0.05) is 32.5 Å². The summed E-state index contributed by atoms with van der Waals surface area (Å²) in [6, 6.07) is 0.735. The van der Waals surface area contributed by atoms with E-state index >= 15 is 0 Å². The first kappa shape index (κ1) is 18.1. The molecule has 0 aromatic carbocycles. The zero-order valence-corrected chi connectivity index (χ0v) is 13.7. The van der Waals surface area contributed by atoms with E-state index in [0.29, 0.717) is 32.3 Å². The van der Waals surface area contributed by atoms with Crippen molar-refractivity contribution >= 4 is 8.80 Å². The minimum atomic E-state index is -2.50. The Morgan fingerprint density at radius 1 is 0.889 bits per heavy atom. The van der Waals surface area contributed by atoms with Crippen LogP contribution in [0.3, 0.4) is 0 Å². The maximum absolute atomic E-state index is 5.76. The molecule has 18 heavy (non-hydrogen) atoms. The van der Waals surface area contributed by atoms with E-state index in [0.717, 1.165) is 19.1 Å². The van der Waals surface area contributed by atoms with E-state index in [1.807, 2.05) is 20.8 Å². The molecule has 1 atom stereocenters. The lowest BCUT2D eigenvalue weighted by atomic mass is 10.1. The summed E-state index contributed by atoms with van der Waals surface area (Å²) in [6.07, 6.45) is 1.14. The molecule has 0 fully saturated rings. The molecule has 0 rings (SSSR count). The molecular weight excluding hydrogens is 248 g/mol. The molecule has 0 bridgehead atoms. The van der Waals surface area contributed by atoms with Gasteiger partial charge in [-0.25, -0.2) is 0 Å². The monoisotopic (exact) mass is 278 g/mol. The molecule has 5 heteroatoms. The number of hydrogen-bond donors (Lipinski definition) is 0. The van der Waals surface area contributed by atoms with Crippen molar-refractivity contribution in [3.05, 3.63) is 0 Å². The summed E-state index contributed by atoms with van der Waals surface area (Å²) in [5.74, 6) is 0.604. The van der Waals surface area contributed by atoms with Crippen LogP contribution in [-0.4, -0.2) is 41.8 Å². The Bertz CT molecular complexity index is 173. The third-order valence-corrected chi connectivity index (χ3v) is 5.75. The van der Waals surface area contributed by atoms with Crippen molar-refractivity contribution in [3.8, 4) is 0 Å². The third-order valence-electron chi connectivity index (χ3n) is 2.74. The summed E-state index contributed by atoms with van der Waals surface area (Å²) in [6.45, 7) is 13.6. The molecule has 0 spiro atoms. The molecular formula is C13H30O4Si. The van der Waals surface area contributed by atoms with E-state index < -0.39 is 8.80 Å². The van der Waals surface area contributed by atoms with Crippen LogP contribution in [0, 0.1) is 5.92 Å². The third kappa shape index (κ3) is 7.48. The van der Waals surface area contributed by atoms with Crippen LogP contribution in [0.2, 0.25) is 6.04 Å². The number of ether oxygens (including phenoxy) is 1. The van der Waals surface area contributed by atoms with Crippen LogP contribution in [-0.2, 0) is 18.0 Å². The molecule has 0 aliphatic carbocycles. The molecule has 4 nitrogen and oxygen atoms in total. The SMILES string of the molecule is CCO[Si](CCOCC(C)CC)(OCC)OCC. The lowest BCUT2D eigenvalue weighted by molar-refractivity contribution is 0.0530. The molecule has 0 saturated carbocycles. The summed E-state index contributed by atoms with van der Waals surface area (Å²) in [5.41, 5.74) is 0. The second-order valence-electron chi connectivity index (χ2n) is 4.32. The van der Waals surface area contributed by atoms with Gasteiger partial charge in [-0.05, 0) is 26.7 Å². The molecule has 0 aliphatic heterocycles. The van der Waals surface area contributed by atoms with Crippen molar-refractivity contribution < 1.29 is 18.0 Å². The molecule has 0 aliphatic rings. The van der Waals surface area contributed by atoms with Crippen LogP contribution < -0.4 is 0 Å². The van der Waals surface area contributed by atoms with Crippen molar-refractivity contribution in [1.82, 2.24) is 0 Å². The Balaban J connectivity index is 4.12. The summed E-state index contributed by atoms with van der Waals surface area (Å²) in [5, 5.41) is 0. The highest BCUT2D eigenvalue weighted by Crippen LogP contribution is 2.16. The van der Waals surface area contributed by atoms with E-state index in [-0.39, 0.29) is 0 Å². The summed E-state index contributed by atoms with van der Waals surface area (Å²) in [4.78, 5) is 0. The fraction of sp³-hybridized carbons (Fsp3) is 1.00. The molecule has 110 valence electrons. The molecule has 0 aromatic rings. The normalized spacial score (nSPS) is 13.8. The van der Waals surface area contributed by atoms with Gasteiger partial charge < -0.3 is 18.0 Å². The molecule has 0 aromatic heterocycles. The number of rotatable bonds is 12. The molecule has 0 N–H and O–H groups in total. The highest BCUT2D eigenvalue weighted by atomic mass is 28.4. The van der Waals surface area contributed by atoms with Crippen molar-refractivity contribution in [3.63, 3.8) is 0 Å².